The summed E-state index contributed by atoms with van der Waals surface area (Å²) in [6.07, 6.45) is 0.578. The van der Waals surface area contributed by atoms with Gasteiger partial charge in [0, 0.05) is 38.7 Å². The van der Waals surface area contributed by atoms with Crippen LogP contribution in [0.3, 0.4) is 0 Å². The molecule has 0 aliphatic heterocycles. The molecule has 3 nitrogen and oxygen atoms in total. The molecule has 0 aliphatic rings. The van der Waals surface area contributed by atoms with Gasteiger partial charge in [-0.25, -0.2) is 0 Å². The van der Waals surface area contributed by atoms with Gasteiger partial charge in [-0.05, 0) is 66.2 Å². The van der Waals surface area contributed by atoms with Crippen LogP contribution in [0.4, 0.5) is 0 Å². The highest BCUT2D eigenvalue weighted by Crippen LogP contribution is 2.51. The first-order valence-corrected chi connectivity index (χ1v) is 14.9. The third-order valence-electron chi connectivity index (χ3n) is 6.78. The van der Waals surface area contributed by atoms with E-state index in [0.717, 1.165) is 32.0 Å². The van der Waals surface area contributed by atoms with E-state index < -0.39 is 0 Å². The Morgan fingerprint density at radius 1 is 0.541 bits per heavy atom. The number of phenols is 2. The molecule has 0 saturated carbocycles. The van der Waals surface area contributed by atoms with Crippen LogP contribution < -0.4 is 0 Å². The predicted octanol–water partition coefficient (Wildman–Crippen LogP) is 9.27. The number of rotatable bonds is 7. The summed E-state index contributed by atoms with van der Waals surface area (Å²) in [5.74, 6) is 0.739. The molecule has 0 saturated heterocycles. The van der Waals surface area contributed by atoms with Crippen molar-refractivity contribution in [1.82, 2.24) is 0 Å². The molecule has 0 atom stereocenters. The number of benzene rings is 2. The lowest BCUT2D eigenvalue weighted by molar-refractivity contribution is 0.249. The number of aromatic hydroxyl groups is 2. The quantitative estimate of drug-likeness (QED) is 0.239. The Morgan fingerprint density at radius 2 is 0.838 bits per heavy atom. The zero-order valence-corrected chi connectivity index (χ0v) is 27.0. The molecule has 0 spiro atoms. The molecule has 0 fully saturated rings. The van der Waals surface area contributed by atoms with E-state index in [0.29, 0.717) is 17.9 Å². The molecule has 2 aromatic carbocycles. The van der Waals surface area contributed by atoms with Crippen molar-refractivity contribution in [3.63, 3.8) is 0 Å². The lowest BCUT2D eigenvalue weighted by Gasteiger charge is -2.32. The minimum absolute atomic E-state index is 0.0725. The third kappa shape index (κ3) is 7.86. The highest BCUT2D eigenvalue weighted by Gasteiger charge is 2.32. The second kappa shape index (κ2) is 10.7. The maximum absolute atomic E-state index is 11.3. The van der Waals surface area contributed by atoms with E-state index in [1.807, 2.05) is 0 Å². The van der Waals surface area contributed by atoms with Crippen LogP contribution in [-0.2, 0) is 21.7 Å². The molecule has 0 radical (unpaired) electrons. The fourth-order valence-electron chi connectivity index (χ4n) is 4.57. The molecule has 0 aliphatic carbocycles. The molecular formula is C32H50O3S2. The van der Waals surface area contributed by atoms with Crippen molar-refractivity contribution in [2.75, 3.05) is 6.61 Å². The van der Waals surface area contributed by atoms with Gasteiger partial charge in [0.1, 0.15) is 11.5 Å². The SMILES string of the molecule is CC(C)(Sc1cc(C(C)(C)C)c(O)c(C(C)(C)C)c1)Sc1cc(C(C)(C)C)c(O)c(C(C)(C)CCO)c1. The Hall–Kier alpha value is -1.30. The van der Waals surface area contributed by atoms with Crippen molar-refractivity contribution < 1.29 is 15.3 Å². The minimum atomic E-state index is -0.354. The van der Waals surface area contributed by atoms with Crippen LogP contribution in [-0.4, -0.2) is 26.0 Å². The van der Waals surface area contributed by atoms with E-state index in [1.54, 1.807) is 23.5 Å². The number of aliphatic hydroxyl groups excluding tert-OH is 1. The van der Waals surface area contributed by atoms with E-state index in [-0.39, 0.29) is 32.3 Å². The van der Waals surface area contributed by atoms with Crippen LogP contribution in [0.1, 0.15) is 119 Å². The zero-order valence-electron chi connectivity index (χ0n) is 25.4. The number of aliphatic hydroxyl groups is 1. The average Bonchev–Trinajstić information content (AvgIpc) is 2.67. The van der Waals surface area contributed by atoms with Crippen LogP contribution in [0.2, 0.25) is 0 Å². The van der Waals surface area contributed by atoms with Crippen LogP contribution in [0.15, 0.2) is 34.1 Å². The summed E-state index contributed by atoms with van der Waals surface area (Å²) < 4.78 is -0.216. The van der Waals surface area contributed by atoms with Crippen LogP contribution >= 0.6 is 23.5 Å². The highest BCUT2D eigenvalue weighted by atomic mass is 32.2. The minimum Gasteiger partial charge on any atom is -0.507 e. The van der Waals surface area contributed by atoms with Crippen molar-refractivity contribution in [3.05, 3.63) is 46.5 Å². The standard InChI is InChI=1S/C32H50O3S2/c1-28(2,3)22-16-20(17-23(26(22)34)29(4,5)6)36-32(12,13)37-21-18-24(30(7,8)9)27(35)25(19-21)31(10,11)14-15-33/h16-19,33-35H,14-15H2,1-13H3. The first-order chi connectivity index (χ1) is 16.5. The van der Waals surface area contributed by atoms with E-state index in [2.05, 4.69) is 114 Å². The Labute approximate surface area is 234 Å². The van der Waals surface area contributed by atoms with Gasteiger partial charge in [0.2, 0.25) is 0 Å². The summed E-state index contributed by atoms with van der Waals surface area (Å²) in [5.41, 5.74) is 2.82. The van der Waals surface area contributed by atoms with Crippen LogP contribution in [0.25, 0.3) is 0 Å². The lowest BCUT2D eigenvalue weighted by Crippen LogP contribution is -2.22. The van der Waals surface area contributed by atoms with E-state index >= 15 is 0 Å². The van der Waals surface area contributed by atoms with E-state index in [9.17, 15) is 15.3 Å². The Morgan fingerprint density at radius 3 is 1.14 bits per heavy atom. The fourth-order valence-corrected chi connectivity index (χ4v) is 7.15. The number of hydrogen-bond donors (Lipinski definition) is 3. The molecule has 37 heavy (non-hydrogen) atoms. The molecule has 0 amide bonds. The summed E-state index contributed by atoms with van der Waals surface area (Å²) in [4.78, 5) is 2.24. The summed E-state index contributed by atoms with van der Waals surface area (Å²) >= 11 is 3.59. The molecule has 0 unspecified atom stereocenters. The summed E-state index contributed by atoms with van der Waals surface area (Å²) in [6, 6.07) is 8.51. The van der Waals surface area contributed by atoms with Crippen molar-refractivity contribution in [2.24, 2.45) is 0 Å². The second-order valence-corrected chi connectivity index (χ2v) is 18.1. The predicted molar refractivity (Wildman–Crippen MR) is 163 cm³/mol. The van der Waals surface area contributed by atoms with Crippen molar-refractivity contribution >= 4 is 23.5 Å². The summed E-state index contributed by atoms with van der Waals surface area (Å²) in [5, 5.41) is 32.1. The molecule has 0 bridgehead atoms. The lowest BCUT2D eigenvalue weighted by atomic mass is 9.77. The van der Waals surface area contributed by atoms with Gasteiger partial charge in [0.25, 0.3) is 0 Å². The average molecular weight is 547 g/mol. The third-order valence-corrected chi connectivity index (χ3v) is 9.21. The van der Waals surface area contributed by atoms with Gasteiger partial charge in [-0.2, -0.15) is 0 Å². The smallest absolute Gasteiger partial charge is 0.123 e. The first-order valence-electron chi connectivity index (χ1n) is 13.2. The first kappa shape index (κ1) is 31.9. The topological polar surface area (TPSA) is 60.7 Å². The molecule has 208 valence electrons. The van der Waals surface area contributed by atoms with Gasteiger partial charge in [-0.1, -0.05) is 76.2 Å². The van der Waals surface area contributed by atoms with Gasteiger partial charge >= 0.3 is 0 Å². The van der Waals surface area contributed by atoms with Gasteiger partial charge in [0.15, 0.2) is 0 Å². The largest absolute Gasteiger partial charge is 0.507 e. The highest BCUT2D eigenvalue weighted by molar-refractivity contribution is 8.18. The van der Waals surface area contributed by atoms with E-state index in [4.69, 9.17) is 0 Å². The normalized spacial score (nSPS) is 13.8. The Kier molecular flexibility index (Phi) is 9.23. The van der Waals surface area contributed by atoms with Gasteiger partial charge in [-0.15, -0.1) is 23.5 Å². The van der Waals surface area contributed by atoms with E-state index in [1.165, 1.54) is 0 Å². The van der Waals surface area contributed by atoms with Crippen molar-refractivity contribution in [3.8, 4) is 11.5 Å². The summed E-state index contributed by atoms with van der Waals surface area (Å²) in [6.45, 7) is 27.9. The molecule has 5 heteroatoms. The summed E-state index contributed by atoms with van der Waals surface area (Å²) in [7, 11) is 0. The van der Waals surface area contributed by atoms with Crippen LogP contribution in [0.5, 0.6) is 11.5 Å². The fraction of sp³-hybridized carbons (Fsp3) is 0.625. The molecule has 3 N–H and O–H groups in total. The Bertz CT molecular complexity index is 1080. The van der Waals surface area contributed by atoms with Gasteiger partial charge < -0.3 is 15.3 Å². The Balaban J connectivity index is 2.59. The molecule has 2 rings (SSSR count). The number of hydrogen-bond acceptors (Lipinski definition) is 5. The van der Waals surface area contributed by atoms with Crippen molar-refractivity contribution in [1.29, 1.82) is 0 Å². The molecule has 2 aromatic rings. The molecular weight excluding hydrogens is 496 g/mol. The maximum atomic E-state index is 11.3. The number of phenolic OH excluding ortho intramolecular Hbond substituents is 2. The van der Waals surface area contributed by atoms with Gasteiger partial charge in [-0.3, -0.25) is 0 Å². The second-order valence-electron chi connectivity index (χ2n) is 14.4. The maximum Gasteiger partial charge on any atom is 0.123 e. The van der Waals surface area contributed by atoms with Crippen molar-refractivity contribution in [2.45, 2.75) is 132 Å². The molecule has 0 heterocycles. The zero-order chi connectivity index (χ0) is 28.8. The van der Waals surface area contributed by atoms with Crippen LogP contribution in [0, 0.1) is 0 Å². The monoisotopic (exact) mass is 546 g/mol. The van der Waals surface area contributed by atoms with Gasteiger partial charge in [0.05, 0.1) is 4.08 Å². The molecule has 0 aromatic heterocycles. The number of thioether (sulfide) groups is 2.